The van der Waals surface area contributed by atoms with E-state index in [1.165, 1.54) is 17.4 Å². The molecule has 0 saturated heterocycles. The van der Waals surface area contributed by atoms with Crippen molar-refractivity contribution in [2.75, 3.05) is 12.8 Å². The van der Waals surface area contributed by atoms with Crippen LogP contribution in [-0.4, -0.2) is 25.8 Å². The molecule has 4 nitrogen and oxygen atoms in total. The van der Waals surface area contributed by atoms with Crippen LogP contribution in [0.4, 0.5) is 10.1 Å². The monoisotopic (exact) mass is 334 g/mol. The highest BCUT2D eigenvalue weighted by Gasteiger charge is 2.33. The van der Waals surface area contributed by atoms with Gasteiger partial charge in [0.05, 0.1) is 5.69 Å². The van der Waals surface area contributed by atoms with Crippen molar-refractivity contribution in [1.82, 2.24) is 4.31 Å². The highest BCUT2D eigenvalue weighted by atomic mass is 35.5. The lowest BCUT2D eigenvalue weighted by atomic mass is 9.87. The van der Waals surface area contributed by atoms with Gasteiger partial charge in [-0.25, -0.2) is 12.8 Å². The van der Waals surface area contributed by atoms with E-state index in [4.69, 9.17) is 17.3 Å². The molecule has 1 saturated carbocycles. The van der Waals surface area contributed by atoms with Crippen molar-refractivity contribution in [1.29, 1.82) is 0 Å². The molecule has 1 aliphatic rings. The Morgan fingerprint density at radius 1 is 1.29 bits per heavy atom. The molecule has 2 N–H and O–H groups in total. The Morgan fingerprint density at radius 2 is 1.86 bits per heavy atom. The number of benzene rings is 1. The molecule has 1 aromatic rings. The summed E-state index contributed by atoms with van der Waals surface area (Å²) in [5.74, 6) is -0.327. The molecule has 21 heavy (non-hydrogen) atoms. The van der Waals surface area contributed by atoms with E-state index in [-0.39, 0.29) is 16.8 Å². The van der Waals surface area contributed by atoms with E-state index in [0.717, 1.165) is 31.7 Å². The van der Waals surface area contributed by atoms with Crippen molar-refractivity contribution in [2.24, 2.45) is 5.92 Å². The van der Waals surface area contributed by atoms with E-state index in [9.17, 15) is 12.8 Å². The van der Waals surface area contributed by atoms with Gasteiger partial charge in [0.1, 0.15) is 4.90 Å². The van der Waals surface area contributed by atoms with Crippen molar-refractivity contribution < 1.29 is 12.8 Å². The summed E-state index contributed by atoms with van der Waals surface area (Å²) in [6.45, 7) is 2.15. The molecule has 2 rings (SSSR count). The van der Waals surface area contributed by atoms with Crippen LogP contribution in [-0.2, 0) is 10.0 Å². The van der Waals surface area contributed by atoms with Gasteiger partial charge in [-0.05, 0) is 43.7 Å². The van der Waals surface area contributed by atoms with Gasteiger partial charge >= 0.3 is 0 Å². The Labute approximate surface area is 130 Å². The van der Waals surface area contributed by atoms with Crippen LogP contribution in [0.25, 0.3) is 0 Å². The maximum Gasteiger partial charge on any atom is 0.246 e. The molecule has 1 aromatic carbocycles. The molecular weight excluding hydrogens is 315 g/mol. The second-order valence-electron chi connectivity index (χ2n) is 5.74. The Balaban J connectivity index is 2.34. The molecule has 0 amide bonds. The highest BCUT2D eigenvalue weighted by Crippen LogP contribution is 2.32. The fourth-order valence-electron chi connectivity index (χ4n) is 2.73. The van der Waals surface area contributed by atoms with Crippen LogP contribution in [0, 0.1) is 11.7 Å². The van der Waals surface area contributed by atoms with Crippen LogP contribution in [0.3, 0.4) is 0 Å². The molecular formula is C14H20ClFN2O2S. The molecule has 0 aromatic heterocycles. The van der Waals surface area contributed by atoms with Gasteiger partial charge in [0.15, 0.2) is 5.82 Å². The summed E-state index contributed by atoms with van der Waals surface area (Å²) in [6, 6.07) is 2.22. The predicted octanol–water partition coefficient (Wildman–Crippen LogP) is 3.26. The third kappa shape index (κ3) is 3.33. The number of sulfonamides is 1. The lowest BCUT2D eigenvalue weighted by Crippen LogP contribution is -2.39. The van der Waals surface area contributed by atoms with Gasteiger partial charge in [-0.1, -0.05) is 18.5 Å². The Kier molecular flexibility index (Phi) is 4.80. The van der Waals surface area contributed by atoms with Gasteiger partial charge in [0.25, 0.3) is 0 Å². The maximum absolute atomic E-state index is 14.1. The van der Waals surface area contributed by atoms with Crippen LogP contribution >= 0.6 is 11.6 Å². The number of hydrogen-bond donors (Lipinski definition) is 1. The topological polar surface area (TPSA) is 63.4 Å². The van der Waals surface area contributed by atoms with E-state index >= 15 is 0 Å². The number of halogens is 2. The summed E-state index contributed by atoms with van der Waals surface area (Å²) < 4.78 is 40.6. The smallest absolute Gasteiger partial charge is 0.246 e. The molecule has 0 heterocycles. The largest absolute Gasteiger partial charge is 0.396 e. The zero-order chi connectivity index (χ0) is 15.8. The molecule has 0 atom stereocenters. The first-order chi connectivity index (χ1) is 9.73. The Bertz CT molecular complexity index is 628. The molecule has 0 spiro atoms. The van der Waals surface area contributed by atoms with E-state index < -0.39 is 20.7 Å². The first-order valence-electron chi connectivity index (χ1n) is 6.96. The maximum atomic E-state index is 14.1. The van der Waals surface area contributed by atoms with Gasteiger partial charge < -0.3 is 5.73 Å². The summed E-state index contributed by atoms with van der Waals surface area (Å²) in [6.07, 6.45) is 3.53. The normalized spacial score (nSPS) is 23.5. The fourth-order valence-corrected chi connectivity index (χ4v) is 4.55. The van der Waals surface area contributed by atoms with Crippen LogP contribution in [0.5, 0.6) is 0 Å². The summed E-state index contributed by atoms with van der Waals surface area (Å²) in [5, 5.41) is 0.109. The van der Waals surface area contributed by atoms with E-state index in [1.54, 1.807) is 0 Å². The minimum Gasteiger partial charge on any atom is -0.396 e. The van der Waals surface area contributed by atoms with Gasteiger partial charge in [0.2, 0.25) is 10.0 Å². The predicted molar refractivity (Wildman–Crippen MR) is 82.2 cm³/mol. The highest BCUT2D eigenvalue weighted by molar-refractivity contribution is 7.89. The Morgan fingerprint density at radius 3 is 2.43 bits per heavy atom. The van der Waals surface area contributed by atoms with Crippen molar-refractivity contribution in [3.63, 3.8) is 0 Å². The van der Waals surface area contributed by atoms with Crippen molar-refractivity contribution >= 4 is 27.3 Å². The molecule has 0 bridgehead atoms. The lowest BCUT2D eigenvalue weighted by molar-refractivity contribution is 0.245. The van der Waals surface area contributed by atoms with Crippen LogP contribution in [0.15, 0.2) is 17.0 Å². The summed E-state index contributed by atoms with van der Waals surface area (Å²) in [5.41, 5.74) is 5.21. The zero-order valence-corrected chi connectivity index (χ0v) is 13.7. The number of rotatable bonds is 3. The van der Waals surface area contributed by atoms with Crippen LogP contribution in [0.2, 0.25) is 5.02 Å². The number of nitrogen functional groups attached to an aromatic ring is 1. The number of nitrogens with two attached hydrogens (primary N) is 1. The molecule has 7 heteroatoms. The average molecular weight is 335 g/mol. The number of hydrogen-bond acceptors (Lipinski definition) is 3. The first kappa shape index (κ1) is 16.5. The SMILES string of the molecule is CC1CCC(N(C)S(=O)(=O)c2cc(Cl)cc(N)c2F)CC1. The molecule has 0 radical (unpaired) electrons. The fraction of sp³-hybridized carbons (Fsp3) is 0.571. The summed E-state index contributed by atoms with van der Waals surface area (Å²) in [7, 11) is -2.45. The first-order valence-corrected chi connectivity index (χ1v) is 8.78. The molecule has 1 fully saturated rings. The van der Waals surface area contributed by atoms with E-state index in [1.807, 2.05) is 0 Å². The number of nitrogens with zero attached hydrogens (tertiary/aromatic N) is 1. The van der Waals surface area contributed by atoms with Gasteiger partial charge in [-0.3, -0.25) is 0 Å². The van der Waals surface area contributed by atoms with Gasteiger partial charge in [-0.2, -0.15) is 4.31 Å². The van der Waals surface area contributed by atoms with Crippen molar-refractivity contribution in [3.05, 3.63) is 23.0 Å². The lowest BCUT2D eigenvalue weighted by Gasteiger charge is -2.33. The molecule has 0 unspecified atom stereocenters. The summed E-state index contributed by atoms with van der Waals surface area (Å²) in [4.78, 5) is -0.450. The quantitative estimate of drug-likeness (QED) is 0.863. The van der Waals surface area contributed by atoms with Crippen molar-refractivity contribution in [2.45, 2.75) is 43.5 Å². The third-order valence-corrected chi connectivity index (χ3v) is 6.32. The Hall–Kier alpha value is -0.850. The zero-order valence-electron chi connectivity index (χ0n) is 12.1. The minimum absolute atomic E-state index is 0.106. The average Bonchev–Trinajstić information content (AvgIpc) is 2.42. The summed E-state index contributed by atoms with van der Waals surface area (Å²) >= 11 is 5.81. The number of anilines is 1. The standard InChI is InChI=1S/C14H20ClFN2O2S/c1-9-3-5-11(6-4-9)18(2)21(19,20)13-8-10(15)7-12(17)14(13)16/h7-9,11H,3-6,17H2,1-2H3. The second kappa shape index (κ2) is 6.10. The van der Waals surface area contributed by atoms with Crippen molar-refractivity contribution in [3.8, 4) is 0 Å². The van der Waals surface area contributed by atoms with Crippen LogP contribution < -0.4 is 5.73 Å². The van der Waals surface area contributed by atoms with E-state index in [2.05, 4.69) is 6.92 Å². The van der Waals surface area contributed by atoms with Crippen LogP contribution in [0.1, 0.15) is 32.6 Å². The van der Waals surface area contributed by atoms with Gasteiger partial charge in [0, 0.05) is 18.1 Å². The third-order valence-electron chi connectivity index (χ3n) is 4.19. The second-order valence-corrected chi connectivity index (χ2v) is 8.14. The molecule has 0 aliphatic heterocycles. The van der Waals surface area contributed by atoms with Gasteiger partial charge in [-0.15, -0.1) is 0 Å². The molecule has 118 valence electrons. The molecule has 1 aliphatic carbocycles. The minimum atomic E-state index is -3.94. The van der Waals surface area contributed by atoms with E-state index in [0.29, 0.717) is 5.92 Å².